The zero-order valence-corrected chi connectivity index (χ0v) is 16.6. The van der Waals surface area contributed by atoms with Gasteiger partial charge in [-0.05, 0) is 30.3 Å². The maximum absolute atomic E-state index is 12.7. The molecule has 0 aliphatic carbocycles. The van der Waals surface area contributed by atoms with Gasteiger partial charge in [0, 0.05) is 10.5 Å². The van der Waals surface area contributed by atoms with Gasteiger partial charge in [0.1, 0.15) is 11.5 Å². The van der Waals surface area contributed by atoms with Crippen molar-refractivity contribution in [1.82, 2.24) is 4.57 Å². The number of carbonyl (C=O) groups excluding carboxylic acids is 1. The summed E-state index contributed by atoms with van der Waals surface area (Å²) in [5, 5.41) is 0. The topological polar surface area (TPSA) is 52.8 Å². The van der Waals surface area contributed by atoms with Gasteiger partial charge < -0.3 is 14.0 Å². The van der Waals surface area contributed by atoms with Crippen LogP contribution < -0.4 is 14.3 Å². The number of fused-ring (bicyclic) bond motifs is 1. The van der Waals surface area contributed by atoms with Crippen LogP contribution in [0.3, 0.4) is 0 Å². The van der Waals surface area contributed by atoms with E-state index in [2.05, 4.69) is 26.8 Å². The molecule has 5 nitrogen and oxygen atoms in total. The number of halogens is 1. The molecular formula is C19H15BrN2O3S. The van der Waals surface area contributed by atoms with Crippen molar-refractivity contribution in [2.45, 2.75) is 6.54 Å². The average molecular weight is 431 g/mol. The van der Waals surface area contributed by atoms with Crippen molar-refractivity contribution < 1.29 is 14.3 Å². The standard InChI is InChI=1S/C19H15BrN2O3S/c1-4-9-22-15-8-5-12(20)10-17(15)26-19(22)21-18(23)14-7-6-13(24-2)11-16(14)25-3/h1,5-8,10-11H,9H2,2-3H3. The van der Waals surface area contributed by atoms with E-state index in [0.29, 0.717) is 28.4 Å². The highest BCUT2D eigenvalue weighted by molar-refractivity contribution is 9.10. The molecule has 7 heteroatoms. The minimum absolute atomic E-state index is 0.327. The Balaban J connectivity index is 2.14. The van der Waals surface area contributed by atoms with Gasteiger partial charge in [-0.2, -0.15) is 4.99 Å². The van der Waals surface area contributed by atoms with E-state index in [9.17, 15) is 4.79 Å². The Kier molecular flexibility index (Phi) is 5.45. The summed E-state index contributed by atoms with van der Waals surface area (Å²) >= 11 is 4.86. The predicted molar refractivity (Wildman–Crippen MR) is 106 cm³/mol. The number of carbonyl (C=O) groups is 1. The minimum Gasteiger partial charge on any atom is -0.497 e. The van der Waals surface area contributed by atoms with E-state index >= 15 is 0 Å². The Morgan fingerprint density at radius 3 is 2.77 bits per heavy atom. The van der Waals surface area contributed by atoms with E-state index in [0.717, 1.165) is 14.7 Å². The predicted octanol–water partition coefficient (Wildman–Crippen LogP) is 3.86. The molecule has 0 unspecified atom stereocenters. The molecule has 1 amide bonds. The fraction of sp³-hybridized carbons (Fsp3) is 0.158. The Morgan fingerprint density at radius 1 is 1.27 bits per heavy atom. The third kappa shape index (κ3) is 3.52. The summed E-state index contributed by atoms with van der Waals surface area (Å²) < 4.78 is 14.2. The molecule has 0 radical (unpaired) electrons. The second-order valence-corrected chi connectivity index (χ2v) is 7.19. The molecule has 132 valence electrons. The van der Waals surface area contributed by atoms with E-state index in [1.54, 1.807) is 25.3 Å². The van der Waals surface area contributed by atoms with E-state index in [1.807, 2.05) is 22.8 Å². The van der Waals surface area contributed by atoms with E-state index < -0.39 is 5.91 Å². The maximum Gasteiger partial charge on any atom is 0.283 e. The molecular weight excluding hydrogens is 416 g/mol. The largest absolute Gasteiger partial charge is 0.497 e. The first-order valence-corrected chi connectivity index (χ1v) is 9.21. The fourth-order valence-electron chi connectivity index (χ4n) is 2.50. The van der Waals surface area contributed by atoms with Crippen molar-refractivity contribution in [3.8, 4) is 23.8 Å². The first kappa shape index (κ1) is 18.2. The van der Waals surface area contributed by atoms with Crippen LogP contribution in [0.2, 0.25) is 0 Å². The number of hydrogen-bond donors (Lipinski definition) is 0. The van der Waals surface area contributed by atoms with Gasteiger partial charge >= 0.3 is 0 Å². The molecule has 0 aliphatic heterocycles. The van der Waals surface area contributed by atoms with Gasteiger partial charge in [-0.15, -0.1) is 6.42 Å². The van der Waals surface area contributed by atoms with Gasteiger partial charge in [-0.25, -0.2) is 0 Å². The molecule has 3 aromatic rings. The van der Waals surface area contributed by atoms with Gasteiger partial charge in [-0.1, -0.05) is 33.2 Å². The highest BCUT2D eigenvalue weighted by Gasteiger charge is 2.14. The quantitative estimate of drug-likeness (QED) is 0.590. The van der Waals surface area contributed by atoms with Crippen LogP contribution in [0.25, 0.3) is 10.2 Å². The molecule has 0 bridgehead atoms. The third-order valence-electron chi connectivity index (χ3n) is 3.73. The van der Waals surface area contributed by atoms with Crippen molar-refractivity contribution in [2.24, 2.45) is 4.99 Å². The van der Waals surface area contributed by atoms with Crippen molar-refractivity contribution in [2.75, 3.05) is 14.2 Å². The number of aromatic nitrogens is 1. The summed E-state index contributed by atoms with van der Waals surface area (Å²) in [4.78, 5) is 17.6. The summed E-state index contributed by atoms with van der Waals surface area (Å²) in [6, 6.07) is 10.8. The number of amides is 1. The third-order valence-corrected chi connectivity index (χ3v) is 5.26. The summed E-state index contributed by atoms with van der Waals surface area (Å²) in [7, 11) is 3.06. The van der Waals surface area contributed by atoms with Gasteiger partial charge in [0.15, 0.2) is 4.80 Å². The molecule has 3 rings (SSSR count). The van der Waals surface area contributed by atoms with Crippen LogP contribution in [-0.4, -0.2) is 24.7 Å². The molecule has 0 aliphatic rings. The summed E-state index contributed by atoms with van der Waals surface area (Å²) in [6.45, 7) is 0.327. The normalized spacial score (nSPS) is 11.4. The average Bonchev–Trinajstić information content (AvgIpc) is 2.97. The van der Waals surface area contributed by atoms with E-state index in [4.69, 9.17) is 15.9 Å². The lowest BCUT2D eigenvalue weighted by Gasteiger charge is -2.07. The number of hydrogen-bond acceptors (Lipinski definition) is 4. The lowest BCUT2D eigenvalue weighted by atomic mass is 10.2. The first-order chi connectivity index (χ1) is 12.6. The monoisotopic (exact) mass is 430 g/mol. The molecule has 26 heavy (non-hydrogen) atoms. The Morgan fingerprint density at radius 2 is 2.08 bits per heavy atom. The van der Waals surface area contributed by atoms with Crippen LogP contribution in [0.4, 0.5) is 0 Å². The van der Waals surface area contributed by atoms with Gasteiger partial charge in [0.2, 0.25) is 0 Å². The smallest absolute Gasteiger partial charge is 0.283 e. The molecule has 0 saturated heterocycles. The SMILES string of the molecule is C#CCn1c(=NC(=O)c2ccc(OC)cc2OC)sc2cc(Br)ccc21. The summed E-state index contributed by atoms with van der Waals surface area (Å²) in [6.07, 6.45) is 5.49. The van der Waals surface area contributed by atoms with Gasteiger partial charge in [0.05, 0.1) is 36.5 Å². The second-order valence-electron chi connectivity index (χ2n) is 5.27. The van der Waals surface area contributed by atoms with Crippen LogP contribution in [0.1, 0.15) is 10.4 Å². The summed E-state index contributed by atoms with van der Waals surface area (Å²) in [5.41, 5.74) is 1.29. The lowest BCUT2D eigenvalue weighted by molar-refractivity contribution is 0.0995. The highest BCUT2D eigenvalue weighted by Crippen LogP contribution is 2.26. The van der Waals surface area contributed by atoms with Gasteiger partial charge in [-0.3, -0.25) is 4.79 Å². The van der Waals surface area contributed by atoms with Crippen molar-refractivity contribution in [3.63, 3.8) is 0 Å². The fourth-order valence-corrected chi connectivity index (χ4v) is 4.08. The number of ether oxygens (including phenoxy) is 2. The number of terminal acetylenes is 1. The lowest BCUT2D eigenvalue weighted by Crippen LogP contribution is -2.16. The van der Waals surface area contributed by atoms with Crippen molar-refractivity contribution >= 4 is 43.4 Å². The molecule has 0 fully saturated rings. The van der Waals surface area contributed by atoms with Crippen LogP contribution in [-0.2, 0) is 6.54 Å². The van der Waals surface area contributed by atoms with Crippen LogP contribution in [0, 0.1) is 12.3 Å². The minimum atomic E-state index is -0.402. The van der Waals surface area contributed by atoms with Crippen LogP contribution in [0.5, 0.6) is 11.5 Å². The first-order valence-electron chi connectivity index (χ1n) is 7.61. The van der Waals surface area contributed by atoms with Gasteiger partial charge in [0.25, 0.3) is 5.91 Å². The maximum atomic E-state index is 12.7. The molecule has 1 heterocycles. The number of benzene rings is 2. The molecule has 0 saturated carbocycles. The van der Waals surface area contributed by atoms with Crippen molar-refractivity contribution in [1.29, 1.82) is 0 Å². The zero-order chi connectivity index (χ0) is 18.7. The Labute approximate surface area is 163 Å². The van der Waals surface area contributed by atoms with E-state index in [1.165, 1.54) is 18.4 Å². The number of nitrogens with zero attached hydrogens (tertiary/aromatic N) is 2. The highest BCUT2D eigenvalue weighted by atomic mass is 79.9. The Hall–Kier alpha value is -2.56. The molecule has 0 atom stereocenters. The molecule has 0 spiro atoms. The van der Waals surface area contributed by atoms with E-state index in [-0.39, 0.29) is 0 Å². The number of methoxy groups -OCH3 is 2. The summed E-state index contributed by atoms with van der Waals surface area (Å²) in [5.74, 6) is 3.22. The second kappa shape index (κ2) is 7.77. The number of thiazole rings is 1. The molecule has 0 N–H and O–H groups in total. The van der Waals surface area contributed by atoms with Crippen LogP contribution >= 0.6 is 27.3 Å². The zero-order valence-electron chi connectivity index (χ0n) is 14.2. The Bertz CT molecular complexity index is 1090. The molecule has 1 aromatic heterocycles. The number of rotatable bonds is 4. The molecule has 2 aromatic carbocycles. The van der Waals surface area contributed by atoms with Crippen LogP contribution in [0.15, 0.2) is 45.9 Å². The van der Waals surface area contributed by atoms with Crippen molar-refractivity contribution in [3.05, 3.63) is 51.2 Å².